The molecule has 3 rings (SSSR count). The molecule has 1 aromatic carbocycles. The molecule has 2 heterocycles. The molecule has 146 valence electrons. The SMILES string of the molecule is Cn1c(=O)c(C#N)c(-c2ccccc2)n2c(=S)n(CN(CCO)CCO)nc12. The number of aliphatic hydroxyl groups excluding tert-OH is 2. The minimum atomic E-state index is -0.455. The normalized spacial score (nSPS) is 11.2. The van der Waals surface area contributed by atoms with Gasteiger partial charge < -0.3 is 10.2 Å². The summed E-state index contributed by atoms with van der Waals surface area (Å²) in [6.45, 7) is 0.750. The van der Waals surface area contributed by atoms with E-state index >= 15 is 0 Å². The van der Waals surface area contributed by atoms with Crippen LogP contribution in [0, 0.1) is 16.1 Å². The fourth-order valence-corrected chi connectivity index (χ4v) is 3.34. The smallest absolute Gasteiger partial charge is 0.273 e. The molecule has 0 atom stereocenters. The van der Waals surface area contributed by atoms with Gasteiger partial charge in [0.05, 0.1) is 25.6 Å². The van der Waals surface area contributed by atoms with E-state index in [-0.39, 0.29) is 25.4 Å². The van der Waals surface area contributed by atoms with Gasteiger partial charge in [0.15, 0.2) is 0 Å². The predicted octanol–water partition coefficient (Wildman–Crippen LogP) is 0.347. The molecule has 0 fully saturated rings. The Bertz CT molecular complexity index is 1140. The zero-order valence-electron chi connectivity index (χ0n) is 15.3. The molecule has 0 unspecified atom stereocenters. The van der Waals surface area contributed by atoms with Crippen molar-refractivity contribution in [1.29, 1.82) is 5.26 Å². The Balaban J connectivity index is 2.29. The maximum atomic E-state index is 12.7. The molecule has 0 amide bonds. The van der Waals surface area contributed by atoms with Gasteiger partial charge in [-0.3, -0.25) is 18.7 Å². The van der Waals surface area contributed by atoms with Crippen molar-refractivity contribution in [3.05, 3.63) is 51.0 Å². The quantitative estimate of drug-likeness (QED) is 0.550. The third-order valence-corrected chi connectivity index (χ3v) is 4.82. The van der Waals surface area contributed by atoms with Crippen LogP contribution in [-0.4, -0.2) is 60.2 Å². The van der Waals surface area contributed by atoms with Gasteiger partial charge in [-0.15, -0.1) is 5.10 Å². The predicted molar refractivity (Wildman–Crippen MR) is 105 cm³/mol. The van der Waals surface area contributed by atoms with Crippen LogP contribution in [0.3, 0.4) is 0 Å². The molecule has 0 aliphatic heterocycles. The van der Waals surface area contributed by atoms with Gasteiger partial charge in [0, 0.05) is 25.7 Å². The molecule has 3 aromatic rings. The summed E-state index contributed by atoms with van der Waals surface area (Å²) in [5, 5.41) is 32.5. The summed E-state index contributed by atoms with van der Waals surface area (Å²) in [6, 6.07) is 11.1. The minimum Gasteiger partial charge on any atom is -0.395 e. The lowest BCUT2D eigenvalue weighted by Crippen LogP contribution is -2.32. The summed E-state index contributed by atoms with van der Waals surface area (Å²) < 4.78 is 4.73. The van der Waals surface area contributed by atoms with Gasteiger partial charge in [-0.05, 0) is 12.2 Å². The second-order valence-corrected chi connectivity index (χ2v) is 6.55. The molecular weight excluding hydrogens is 380 g/mol. The highest BCUT2D eigenvalue weighted by molar-refractivity contribution is 7.71. The van der Waals surface area contributed by atoms with Gasteiger partial charge in [0.2, 0.25) is 10.5 Å². The number of benzene rings is 1. The van der Waals surface area contributed by atoms with E-state index in [1.165, 1.54) is 9.25 Å². The fourth-order valence-electron chi connectivity index (χ4n) is 3.07. The van der Waals surface area contributed by atoms with Crippen molar-refractivity contribution in [2.45, 2.75) is 6.67 Å². The number of aliphatic hydroxyl groups is 2. The maximum Gasteiger partial charge on any atom is 0.273 e. The molecule has 0 spiro atoms. The van der Waals surface area contributed by atoms with Gasteiger partial charge in [0.25, 0.3) is 5.56 Å². The van der Waals surface area contributed by atoms with E-state index in [0.717, 1.165) is 0 Å². The lowest BCUT2D eigenvalue weighted by atomic mass is 10.1. The van der Waals surface area contributed by atoms with Crippen molar-refractivity contribution >= 4 is 18.0 Å². The molecule has 0 aliphatic carbocycles. The Kier molecular flexibility index (Phi) is 6.01. The van der Waals surface area contributed by atoms with Gasteiger partial charge in [-0.25, -0.2) is 4.68 Å². The average molecular weight is 400 g/mol. The van der Waals surface area contributed by atoms with Gasteiger partial charge in [-0.1, -0.05) is 30.3 Å². The molecular formula is C18H20N6O3S. The summed E-state index contributed by atoms with van der Waals surface area (Å²) in [5.41, 5.74) is 0.608. The number of aryl methyl sites for hydroxylation is 1. The molecule has 10 heteroatoms. The molecule has 2 aromatic heterocycles. The lowest BCUT2D eigenvalue weighted by molar-refractivity contribution is 0.128. The van der Waals surface area contributed by atoms with Crippen LogP contribution in [0.25, 0.3) is 17.0 Å². The van der Waals surface area contributed by atoms with Gasteiger partial charge in [0.1, 0.15) is 11.6 Å². The molecule has 2 N–H and O–H groups in total. The van der Waals surface area contributed by atoms with Gasteiger partial charge >= 0.3 is 0 Å². The van der Waals surface area contributed by atoms with E-state index in [1.807, 2.05) is 24.3 Å². The zero-order valence-corrected chi connectivity index (χ0v) is 16.1. The van der Waals surface area contributed by atoms with E-state index in [1.54, 1.807) is 28.5 Å². The number of hydrogen-bond acceptors (Lipinski definition) is 7. The standard InChI is InChI=1S/C18H20N6O3S/c1-21-16(27)14(11-19)15(13-5-3-2-4-6-13)24-17(21)20-23(18(24)28)12-22(7-9-25)8-10-26/h2-6,25-26H,7-10,12H2,1H3. The summed E-state index contributed by atoms with van der Waals surface area (Å²) in [5.74, 6) is 0.306. The highest BCUT2D eigenvalue weighted by Gasteiger charge is 2.21. The average Bonchev–Trinajstić information content (AvgIpc) is 3.02. The molecule has 0 saturated carbocycles. The summed E-state index contributed by atoms with van der Waals surface area (Å²) in [7, 11) is 1.54. The highest BCUT2D eigenvalue weighted by Crippen LogP contribution is 2.23. The number of nitriles is 1. The number of hydrogen-bond donors (Lipinski definition) is 2. The second kappa shape index (κ2) is 8.45. The van der Waals surface area contributed by atoms with Crippen LogP contribution in [0.5, 0.6) is 0 Å². The monoisotopic (exact) mass is 400 g/mol. The molecule has 0 radical (unpaired) electrons. The van der Waals surface area contributed by atoms with Crippen molar-refractivity contribution in [2.24, 2.45) is 7.05 Å². The number of rotatable bonds is 7. The summed E-state index contributed by atoms with van der Waals surface area (Å²) in [4.78, 5) is 14.5. The largest absolute Gasteiger partial charge is 0.395 e. The van der Waals surface area contributed by atoms with Crippen molar-refractivity contribution in [3.8, 4) is 17.3 Å². The topological polar surface area (TPSA) is 112 Å². The first-order chi connectivity index (χ1) is 13.5. The first-order valence-electron chi connectivity index (χ1n) is 8.65. The molecule has 0 aliphatic rings. The van der Waals surface area contributed by atoms with Crippen molar-refractivity contribution in [2.75, 3.05) is 26.3 Å². The van der Waals surface area contributed by atoms with Crippen molar-refractivity contribution in [3.63, 3.8) is 0 Å². The highest BCUT2D eigenvalue weighted by atomic mass is 32.1. The molecule has 9 nitrogen and oxygen atoms in total. The Hall–Kier alpha value is -2.84. The van der Waals surface area contributed by atoms with Crippen LogP contribution in [0.15, 0.2) is 35.1 Å². The van der Waals surface area contributed by atoms with E-state index in [9.17, 15) is 20.3 Å². The van der Waals surface area contributed by atoms with Crippen LogP contribution in [-0.2, 0) is 13.7 Å². The van der Waals surface area contributed by atoms with Crippen LogP contribution in [0.1, 0.15) is 5.56 Å². The third kappa shape index (κ3) is 3.48. The first kappa shape index (κ1) is 19.9. The van der Waals surface area contributed by atoms with Crippen LogP contribution < -0.4 is 5.56 Å². The van der Waals surface area contributed by atoms with Crippen molar-refractivity contribution < 1.29 is 10.2 Å². The second-order valence-electron chi connectivity index (χ2n) is 6.19. The van der Waals surface area contributed by atoms with Crippen LogP contribution >= 0.6 is 12.2 Å². The Morgan fingerprint density at radius 1 is 1.21 bits per heavy atom. The number of fused-ring (bicyclic) bond motifs is 1. The molecule has 0 bridgehead atoms. The maximum absolute atomic E-state index is 12.7. The van der Waals surface area contributed by atoms with E-state index < -0.39 is 5.56 Å². The van der Waals surface area contributed by atoms with Gasteiger partial charge in [-0.2, -0.15) is 5.26 Å². The fraction of sp³-hybridized carbons (Fsp3) is 0.333. The Morgan fingerprint density at radius 3 is 2.43 bits per heavy atom. The molecule has 0 saturated heterocycles. The minimum absolute atomic E-state index is 0.0144. The van der Waals surface area contributed by atoms with E-state index in [0.29, 0.717) is 34.9 Å². The van der Waals surface area contributed by atoms with Crippen molar-refractivity contribution in [1.82, 2.24) is 23.6 Å². The first-order valence-corrected chi connectivity index (χ1v) is 9.06. The Morgan fingerprint density at radius 2 is 1.86 bits per heavy atom. The molecule has 28 heavy (non-hydrogen) atoms. The Labute approximate surface area is 165 Å². The number of nitrogens with zero attached hydrogens (tertiary/aromatic N) is 6. The van der Waals surface area contributed by atoms with Crippen LogP contribution in [0.4, 0.5) is 0 Å². The lowest BCUT2D eigenvalue weighted by Gasteiger charge is -2.19. The van der Waals surface area contributed by atoms with E-state index in [4.69, 9.17) is 12.2 Å². The summed E-state index contributed by atoms with van der Waals surface area (Å²) in [6.07, 6.45) is 0. The summed E-state index contributed by atoms with van der Waals surface area (Å²) >= 11 is 5.60. The number of aromatic nitrogens is 4. The third-order valence-electron chi connectivity index (χ3n) is 4.43. The van der Waals surface area contributed by atoms with Crippen LogP contribution in [0.2, 0.25) is 0 Å². The zero-order chi connectivity index (χ0) is 20.3. The van der Waals surface area contributed by atoms with E-state index in [2.05, 4.69) is 5.10 Å².